The van der Waals surface area contributed by atoms with Gasteiger partial charge in [-0.3, -0.25) is 9.59 Å². The minimum atomic E-state index is -0.167. The maximum atomic E-state index is 11.7. The highest BCUT2D eigenvalue weighted by molar-refractivity contribution is 5.73. The summed E-state index contributed by atoms with van der Waals surface area (Å²) in [5.41, 5.74) is 2.17. The van der Waals surface area contributed by atoms with Crippen molar-refractivity contribution in [2.75, 3.05) is 13.2 Å². The molecule has 2 rings (SSSR count). The highest BCUT2D eigenvalue weighted by Gasteiger charge is 2.01. The molecule has 0 saturated heterocycles. The van der Waals surface area contributed by atoms with Crippen molar-refractivity contribution in [1.82, 2.24) is 0 Å². The molecule has 0 aromatic heterocycles. The fourth-order valence-electron chi connectivity index (χ4n) is 3.47. The first-order valence-electron chi connectivity index (χ1n) is 12.5. The molecule has 34 heavy (non-hydrogen) atoms. The lowest BCUT2D eigenvalue weighted by atomic mass is 10.1. The Hall–Kier alpha value is -3.14. The first-order valence-corrected chi connectivity index (χ1v) is 12.5. The third-order valence-corrected chi connectivity index (χ3v) is 5.35. The lowest BCUT2D eigenvalue weighted by molar-refractivity contribution is -0.143. The van der Waals surface area contributed by atoms with Crippen molar-refractivity contribution < 1.29 is 19.1 Å². The quantitative estimate of drug-likeness (QED) is 0.181. The van der Waals surface area contributed by atoms with E-state index >= 15 is 0 Å². The minimum absolute atomic E-state index is 0.167. The largest absolute Gasteiger partial charge is 0.465 e. The van der Waals surface area contributed by atoms with E-state index in [-0.39, 0.29) is 11.9 Å². The van der Waals surface area contributed by atoms with Crippen LogP contribution in [0.2, 0.25) is 0 Å². The van der Waals surface area contributed by atoms with Gasteiger partial charge in [0.15, 0.2) is 0 Å². The van der Waals surface area contributed by atoms with Crippen molar-refractivity contribution in [1.29, 1.82) is 0 Å². The third kappa shape index (κ3) is 14.1. The predicted octanol–water partition coefficient (Wildman–Crippen LogP) is 7.40. The molecule has 2 aromatic rings. The van der Waals surface area contributed by atoms with Crippen LogP contribution in [0.15, 0.2) is 72.8 Å². The van der Waals surface area contributed by atoms with Crippen molar-refractivity contribution in [3.8, 4) is 0 Å². The Morgan fingerprint density at radius 1 is 0.529 bits per heavy atom. The molecule has 0 aliphatic rings. The molecule has 0 fully saturated rings. The van der Waals surface area contributed by atoms with Crippen molar-refractivity contribution in [2.24, 2.45) is 0 Å². The molecule has 0 saturated carbocycles. The first kappa shape index (κ1) is 27.1. The zero-order valence-corrected chi connectivity index (χ0v) is 20.2. The zero-order chi connectivity index (χ0) is 24.1. The van der Waals surface area contributed by atoms with Gasteiger partial charge in [0.25, 0.3) is 0 Å². The van der Waals surface area contributed by atoms with Crippen LogP contribution in [0.5, 0.6) is 0 Å². The van der Waals surface area contributed by atoms with E-state index in [2.05, 4.69) is 0 Å². The molecule has 0 aliphatic heterocycles. The fraction of sp³-hybridized carbons (Fsp3) is 0.400. The Morgan fingerprint density at radius 2 is 0.882 bits per heavy atom. The number of rotatable bonds is 17. The molecule has 0 bridgehead atoms. The maximum Gasteiger partial charge on any atom is 0.309 e. The van der Waals surface area contributed by atoms with Crippen LogP contribution in [-0.2, 0) is 19.1 Å². The molecular formula is C30H38O4. The van der Waals surface area contributed by atoms with Gasteiger partial charge in [0, 0.05) is 0 Å². The van der Waals surface area contributed by atoms with Crippen LogP contribution in [0.1, 0.15) is 75.3 Å². The monoisotopic (exact) mass is 462 g/mol. The fourth-order valence-corrected chi connectivity index (χ4v) is 3.47. The number of benzene rings is 2. The second-order valence-electron chi connectivity index (χ2n) is 8.30. The van der Waals surface area contributed by atoms with Crippen LogP contribution in [-0.4, -0.2) is 25.2 Å². The lowest BCUT2D eigenvalue weighted by Gasteiger charge is -2.05. The molecule has 0 unspecified atom stereocenters. The molecule has 4 heteroatoms. The molecule has 0 radical (unpaired) electrons. The second kappa shape index (κ2) is 18.3. The van der Waals surface area contributed by atoms with Crippen LogP contribution < -0.4 is 0 Å². The van der Waals surface area contributed by atoms with Crippen molar-refractivity contribution in [3.63, 3.8) is 0 Å². The van der Waals surface area contributed by atoms with E-state index in [9.17, 15) is 9.59 Å². The van der Waals surface area contributed by atoms with Gasteiger partial charge < -0.3 is 9.47 Å². The van der Waals surface area contributed by atoms with Crippen LogP contribution >= 0.6 is 0 Å². The summed E-state index contributed by atoms with van der Waals surface area (Å²) in [6.45, 7) is 1.01. The van der Waals surface area contributed by atoms with Gasteiger partial charge in [-0.15, -0.1) is 0 Å². The Labute approximate surface area is 204 Å². The van der Waals surface area contributed by atoms with Crippen LogP contribution in [0, 0.1) is 0 Å². The van der Waals surface area contributed by atoms with Crippen molar-refractivity contribution in [2.45, 2.75) is 64.2 Å². The number of carbonyl (C=O) groups is 2. The summed E-state index contributed by atoms with van der Waals surface area (Å²) in [5, 5.41) is 0. The number of hydrogen-bond acceptors (Lipinski definition) is 4. The molecule has 0 N–H and O–H groups in total. The summed E-state index contributed by atoms with van der Waals surface area (Å²) in [6, 6.07) is 19.9. The summed E-state index contributed by atoms with van der Waals surface area (Å²) < 4.78 is 10.6. The van der Waals surface area contributed by atoms with Crippen LogP contribution in [0.3, 0.4) is 0 Å². The number of carbonyl (C=O) groups excluding carboxylic acids is 2. The van der Waals surface area contributed by atoms with Crippen LogP contribution in [0.4, 0.5) is 0 Å². The molecule has 0 amide bonds. The predicted molar refractivity (Wildman–Crippen MR) is 139 cm³/mol. The first-order chi connectivity index (χ1) is 16.7. The minimum Gasteiger partial charge on any atom is -0.465 e. The van der Waals surface area contributed by atoms with Gasteiger partial charge in [-0.25, -0.2) is 0 Å². The van der Waals surface area contributed by atoms with Gasteiger partial charge >= 0.3 is 11.9 Å². The SMILES string of the molecule is O=C(C/C=C/c1ccccc1)OCCCCCCCCCCOC(=O)C/C=C/c1ccccc1. The Bertz CT molecular complexity index is 782. The van der Waals surface area contributed by atoms with Gasteiger partial charge in [0.1, 0.15) is 0 Å². The second-order valence-corrected chi connectivity index (χ2v) is 8.30. The summed E-state index contributed by atoms with van der Waals surface area (Å²) in [4.78, 5) is 23.5. The lowest BCUT2D eigenvalue weighted by Crippen LogP contribution is -2.04. The molecule has 0 heterocycles. The number of unbranched alkanes of at least 4 members (excludes halogenated alkanes) is 7. The Morgan fingerprint density at radius 3 is 1.26 bits per heavy atom. The standard InChI is InChI=1S/C30H38O4/c31-29(23-15-21-27-17-9-7-10-18-27)33-25-13-5-3-1-2-4-6-14-26-34-30(32)24-16-22-28-19-11-8-12-20-28/h7-12,15-22H,1-6,13-14,23-26H2/b21-15+,22-16+. The topological polar surface area (TPSA) is 52.6 Å². The highest BCUT2D eigenvalue weighted by atomic mass is 16.5. The van der Waals surface area contributed by atoms with E-state index in [0.29, 0.717) is 26.1 Å². The third-order valence-electron chi connectivity index (χ3n) is 5.35. The maximum absolute atomic E-state index is 11.7. The number of esters is 2. The summed E-state index contributed by atoms with van der Waals surface area (Å²) in [6.07, 6.45) is 16.9. The molecule has 0 spiro atoms. The van der Waals surface area contributed by atoms with E-state index in [1.807, 2.05) is 85.0 Å². The van der Waals surface area contributed by atoms with Crippen molar-refractivity contribution >= 4 is 24.1 Å². The molecule has 4 nitrogen and oxygen atoms in total. The summed E-state index contributed by atoms with van der Waals surface area (Å²) >= 11 is 0. The molecule has 0 aliphatic carbocycles. The summed E-state index contributed by atoms with van der Waals surface area (Å²) in [7, 11) is 0. The van der Waals surface area contributed by atoms with Gasteiger partial charge in [-0.1, -0.05) is 123 Å². The smallest absolute Gasteiger partial charge is 0.309 e. The number of ether oxygens (including phenoxy) is 2. The molecule has 182 valence electrons. The van der Waals surface area contributed by atoms with E-state index in [1.54, 1.807) is 0 Å². The van der Waals surface area contributed by atoms with Gasteiger partial charge in [0.05, 0.1) is 26.1 Å². The Balaban J connectivity index is 1.33. The zero-order valence-electron chi connectivity index (χ0n) is 20.2. The summed E-state index contributed by atoms with van der Waals surface area (Å²) in [5.74, 6) is -0.333. The number of hydrogen-bond donors (Lipinski definition) is 0. The molecular weight excluding hydrogens is 424 g/mol. The Kier molecular flexibility index (Phi) is 14.6. The van der Waals surface area contributed by atoms with E-state index < -0.39 is 0 Å². The van der Waals surface area contributed by atoms with E-state index in [1.165, 1.54) is 12.8 Å². The van der Waals surface area contributed by atoms with Gasteiger partial charge in [-0.2, -0.15) is 0 Å². The van der Waals surface area contributed by atoms with E-state index in [4.69, 9.17) is 9.47 Å². The molecule has 0 atom stereocenters. The average Bonchev–Trinajstić information content (AvgIpc) is 2.86. The van der Waals surface area contributed by atoms with Gasteiger partial charge in [-0.05, 0) is 24.0 Å². The highest BCUT2D eigenvalue weighted by Crippen LogP contribution is 2.10. The van der Waals surface area contributed by atoms with E-state index in [0.717, 1.165) is 49.7 Å². The van der Waals surface area contributed by atoms with Crippen LogP contribution in [0.25, 0.3) is 12.2 Å². The molecule has 2 aromatic carbocycles. The van der Waals surface area contributed by atoms with Crippen molar-refractivity contribution in [3.05, 3.63) is 83.9 Å². The van der Waals surface area contributed by atoms with Gasteiger partial charge in [0.2, 0.25) is 0 Å². The average molecular weight is 463 g/mol. The normalized spacial score (nSPS) is 11.2.